The van der Waals surface area contributed by atoms with Crippen molar-refractivity contribution in [2.45, 2.75) is 51.2 Å². The zero-order valence-electron chi connectivity index (χ0n) is 14.7. The van der Waals surface area contributed by atoms with Crippen molar-refractivity contribution >= 4 is 5.91 Å². The van der Waals surface area contributed by atoms with Gasteiger partial charge in [-0.15, -0.1) is 0 Å². The summed E-state index contributed by atoms with van der Waals surface area (Å²) in [5.74, 6) is 1.03. The molecule has 1 aromatic heterocycles. The van der Waals surface area contributed by atoms with E-state index in [1.54, 1.807) is 0 Å². The minimum absolute atomic E-state index is 0.0321. The van der Waals surface area contributed by atoms with Crippen molar-refractivity contribution < 1.29 is 9.53 Å². The molecule has 25 heavy (non-hydrogen) atoms. The van der Waals surface area contributed by atoms with Crippen molar-refractivity contribution in [3.8, 4) is 11.3 Å². The van der Waals surface area contributed by atoms with Gasteiger partial charge >= 0.3 is 0 Å². The number of nitrogens with zero attached hydrogens (tertiary/aromatic N) is 2. The summed E-state index contributed by atoms with van der Waals surface area (Å²) >= 11 is 0. The number of carbonyl (C=O) groups excluding carboxylic acids is 1. The maximum absolute atomic E-state index is 12.9. The molecule has 2 aliphatic heterocycles. The fraction of sp³-hybridized carbons (Fsp3) is 0.500. The third kappa shape index (κ3) is 3.33. The Kier molecular flexibility index (Phi) is 4.57. The lowest BCUT2D eigenvalue weighted by atomic mass is 10.0. The summed E-state index contributed by atoms with van der Waals surface area (Å²) in [6, 6.07) is 8.43. The van der Waals surface area contributed by atoms with Crippen molar-refractivity contribution in [3.63, 3.8) is 0 Å². The largest absolute Gasteiger partial charge is 0.368 e. The number of amides is 1. The van der Waals surface area contributed by atoms with E-state index < -0.39 is 0 Å². The molecule has 2 fully saturated rings. The van der Waals surface area contributed by atoms with Gasteiger partial charge in [0.2, 0.25) is 0 Å². The van der Waals surface area contributed by atoms with Crippen LogP contribution >= 0.6 is 0 Å². The van der Waals surface area contributed by atoms with Gasteiger partial charge in [0.25, 0.3) is 5.91 Å². The highest BCUT2D eigenvalue weighted by atomic mass is 16.5. The van der Waals surface area contributed by atoms with Crippen molar-refractivity contribution in [3.05, 3.63) is 41.9 Å². The van der Waals surface area contributed by atoms with E-state index in [-0.39, 0.29) is 18.1 Å². The number of H-pyrrole nitrogens is 1. The Balaban J connectivity index is 1.56. The Morgan fingerprint density at radius 2 is 2.04 bits per heavy atom. The summed E-state index contributed by atoms with van der Waals surface area (Å²) < 4.78 is 5.62. The lowest BCUT2D eigenvalue weighted by Gasteiger charge is -2.35. The number of piperidine rings is 1. The number of aromatic amines is 1. The Morgan fingerprint density at radius 3 is 2.80 bits per heavy atom. The van der Waals surface area contributed by atoms with E-state index >= 15 is 0 Å². The van der Waals surface area contributed by atoms with Gasteiger partial charge in [-0.25, -0.2) is 4.98 Å². The molecule has 5 heteroatoms. The molecule has 0 aliphatic carbocycles. The number of imidazole rings is 1. The van der Waals surface area contributed by atoms with Gasteiger partial charge in [0, 0.05) is 13.2 Å². The molecule has 0 unspecified atom stereocenters. The van der Waals surface area contributed by atoms with E-state index in [9.17, 15) is 4.79 Å². The van der Waals surface area contributed by atoms with Crippen LogP contribution in [0.1, 0.15) is 49.5 Å². The third-order valence-corrected chi connectivity index (χ3v) is 5.26. The van der Waals surface area contributed by atoms with E-state index in [4.69, 9.17) is 4.74 Å². The topological polar surface area (TPSA) is 58.2 Å². The van der Waals surface area contributed by atoms with Gasteiger partial charge < -0.3 is 14.6 Å². The first-order valence-electron chi connectivity index (χ1n) is 9.26. The van der Waals surface area contributed by atoms with Crippen molar-refractivity contribution in [2.24, 2.45) is 0 Å². The number of carbonyl (C=O) groups is 1. The predicted molar refractivity (Wildman–Crippen MR) is 96.0 cm³/mol. The van der Waals surface area contributed by atoms with Crippen LogP contribution in [0.3, 0.4) is 0 Å². The first kappa shape index (κ1) is 16.3. The number of likely N-dealkylation sites (tertiary alicyclic amines) is 1. The van der Waals surface area contributed by atoms with E-state index in [1.165, 1.54) is 5.56 Å². The molecule has 0 bridgehead atoms. The van der Waals surface area contributed by atoms with Gasteiger partial charge in [0.05, 0.1) is 17.9 Å². The number of hydrogen-bond acceptors (Lipinski definition) is 3. The van der Waals surface area contributed by atoms with Crippen LogP contribution in [0.2, 0.25) is 0 Å². The van der Waals surface area contributed by atoms with Crippen LogP contribution in [0.15, 0.2) is 30.5 Å². The monoisotopic (exact) mass is 339 g/mol. The Hall–Kier alpha value is -2.14. The minimum atomic E-state index is -0.257. The quantitative estimate of drug-likeness (QED) is 0.929. The zero-order chi connectivity index (χ0) is 17.2. The highest BCUT2D eigenvalue weighted by Crippen LogP contribution is 2.32. The SMILES string of the molecule is Cc1ccc(-c2cnc([C@@H]3CCCCN3C(=O)[C@@H]3CCCO3)[nH]2)cc1. The molecule has 0 spiro atoms. The Bertz CT molecular complexity index is 732. The summed E-state index contributed by atoms with van der Waals surface area (Å²) in [6.07, 6.45) is 6.58. The van der Waals surface area contributed by atoms with Crippen LogP contribution in [0.25, 0.3) is 11.3 Å². The molecule has 0 radical (unpaired) electrons. The van der Waals surface area contributed by atoms with Gasteiger partial charge in [0.1, 0.15) is 11.9 Å². The minimum Gasteiger partial charge on any atom is -0.368 e. The molecule has 0 saturated carbocycles. The predicted octanol–water partition coefficient (Wildman–Crippen LogP) is 3.62. The standard InChI is InChI=1S/C20H25N3O2/c1-14-7-9-15(10-8-14)16-13-21-19(22-16)17-5-2-3-11-23(17)20(24)18-6-4-12-25-18/h7-10,13,17-18H,2-6,11-12H2,1H3,(H,21,22)/t17-,18-/m0/s1. The van der Waals surface area contributed by atoms with Gasteiger partial charge in [-0.2, -0.15) is 0 Å². The third-order valence-electron chi connectivity index (χ3n) is 5.26. The molecule has 4 rings (SSSR count). The Morgan fingerprint density at radius 1 is 1.20 bits per heavy atom. The second-order valence-electron chi connectivity index (χ2n) is 7.09. The molecule has 2 atom stereocenters. The second kappa shape index (κ2) is 7.00. The number of rotatable bonds is 3. The molecular formula is C20H25N3O2. The average Bonchev–Trinajstić information content (AvgIpc) is 3.34. The molecular weight excluding hydrogens is 314 g/mol. The highest BCUT2D eigenvalue weighted by molar-refractivity contribution is 5.81. The molecule has 2 saturated heterocycles. The van der Waals surface area contributed by atoms with Crippen molar-refractivity contribution in [2.75, 3.05) is 13.2 Å². The first-order chi connectivity index (χ1) is 12.2. The number of nitrogens with one attached hydrogen (secondary N) is 1. The molecule has 1 N–H and O–H groups in total. The van der Waals surface area contributed by atoms with Gasteiger partial charge in [-0.3, -0.25) is 4.79 Å². The fourth-order valence-electron chi connectivity index (χ4n) is 3.82. The molecule has 1 amide bonds. The van der Waals surface area contributed by atoms with E-state index in [1.807, 2.05) is 11.1 Å². The molecule has 5 nitrogen and oxygen atoms in total. The second-order valence-corrected chi connectivity index (χ2v) is 7.09. The normalized spacial score (nSPS) is 23.8. The summed E-state index contributed by atoms with van der Waals surface area (Å²) in [7, 11) is 0. The number of ether oxygens (including phenoxy) is 1. The lowest BCUT2D eigenvalue weighted by molar-refractivity contribution is -0.145. The smallest absolute Gasteiger partial charge is 0.252 e. The molecule has 132 valence electrons. The summed E-state index contributed by atoms with van der Waals surface area (Å²) in [5.41, 5.74) is 3.37. The summed E-state index contributed by atoms with van der Waals surface area (Å²) in [4.78, 5) is 22.9. The van der Waals surface area contributed by atoms with Crippen LogP contribution < -0.4 is 0 Å². The van der Waals surface area contributed by atoms with Crippen LogP contribution in [0.5, 0.6) is 0 Å². The van der Waals surface area contributed by atoms with E-state index in [2.05, 4.69) is 41.2 Å². The summed E-state index contributed by atoms with van der Waals surface area (Å²) in [6.45, 7) is 3.58. The van der Waals surface area contributed by atoms with Gasteiger partial charge in [-0.05, 0) is 44.6 Å². The number of aryl methyl sites for hydroxylation is 1. The maximum Gasteiger partial charge on any atom is 0.252 e. The van der Waals surface area contributed by atoms with E-state index in [0.717, 1.165) is 55.7 Å². The molecule has 2 aromatic rings. The summed E-state index contributed by atoms with van der Waals surface area (Å²) in [5, 5.41) is 0. The number of aromatic nitrogens is 2. The van der Waals surface area contributed by atoms with Crippen LogP contribution in [0, 0.1) is 6.92 Å². The zero-order valence-corrected chi connectivity index (χ0v) is 14.7. The van der Waals surface area contributed by atoms with Gasteiger partial charge in [0.15, 0.2) is 0 Å². The number of benzene rings is 1. The molecule has 1 aromatic carbocycles. The van der Waals surface area contributed by atoms with Crippen molar-refractivity contribution in [1.29, 1.82) is 0 Å². The van der Waals surface area contributed by atoms with Crippen LogP contribution in [0.4, 0.5) is 0 Å². The first-order valence-corrected chi connectivity index (χ1v) is 9.26. The van der Waals surface area contributed by atoms with Crippen LogP contribution in [-0.2, 0) is 9.53 Å². The number of hydrogen-bond donors (Lipinski definition) is 1. The Labute approximate surface area is 148 Å². The van der Waals surface area contributed by atoms with E-state index in [0.29, 0.717) is 6.61 Å². The molecule has 3 heterocycles. The molecule has 2 aliphatic rings. The fourth-order valence-corrected chi connectivity index (χ4v) is 3.82. The highest BCUT2D eigenvalue weighted by Gasteiger charge is 2.35. The van der Waals surface area contributed by atoms with Gasteiger partial charge in [-0.1, -0.05) is 29.8 Å². The maximum atomic E-state index is 12.9. The van der Waals surface area contributed by atoms with Crippen molar-refractivity contribution in [1.82, 2.24) is 14.9 Å². The lowest BCUT2D eigenvalue weighted by Crippen LogP contribution is -2.44. The average molecular weight is 339 g/mol. The van der Waals surface area contributed by atoms with Crippen LogP contribution in [-0.4, -0.2) is 40.0 Å².